The molecule has 3 nitrogen and oxygen atoms in total. The Kier molecular flexibility index (Phi) is 10.8. The first-order chi connectivity index (χ1) is 7.20. The van der Waals surface area contributed by atoms with Gasteiger partial charge in [0.2, 0.25) is 0 Å². The summed E-state index contributed by atoms with van der Waals surface area (Å²) in [4.78, 5) is 0. The van der Waals surface area contributed by atoms with Crippen LogP contribution in [-0.2, 0) is 39.1 Å². The van der Waals surface area contributed by atoms with E-state index in [0.717, 1.165) is 23.1 Å². The van der Waals surface area contributed by atoms with Gasteiger partial charge in [0.05, 0.1) is 0 Å². The van der Waals surface area contributed by atoms with Gasteiger partial charge in [0.25, 0.3) is 0 Å². The number of hydrogen-bond donors (Lipinski definition) is 2. The van der Waals surface area contributed by atoms with E-state index in [1.807, 2.05) is 39.0 Å². The predicted molar refractivity (Wildman–Crippen MR) is 64.1 cm³/mol. The van der Waals surface area contributed by atoms with Gasteiger partial charge in [-0.05, 0) is 5.56 Å². The molecule has 0 unspecified atom stereocenters. The molecule has 0 saturated carbocycles. The zero-order valence-corrected chi connectivity index (χ0v) is 13.0. The summed E-state index contributed by atoms with van der Waals surface area (Å²) in [7, 11) is 0. The molecule has 0 amide bonds. The molecule has 0 saturated heterocycles. The Morgan fingerprint density at radius 3 is 2.44 bits per heavy atom. The number of benzene rings is 1. The van der Waals surface area contributed by atoms with Crippen LogP contribution in [0.3, 0.4) is 0 Å². The first kappa shape index (κ1) is 17.8. The molecule has 1 aromatic carbocycles. The number of rotatable bonds is 2. The van der Waals surface area contributed by atoms with Gasteiger partial charge in [0, 0.05) is 32.7 Å². The average molecular weight is 296 g/mol. The third-order valence-corrected chi connectivity index (χ3v) is 2.01. The topological polar surface area (TPSA) is 58.6 Å². The van der Waals surface area contributed by atoms with Crippen molar-refractivity contribution in [3.8, 4) is 0 Å². The summed E-state index contributed by atoms with van der Waals surface area (Å²) in [5.41, 5.74) is 8.22. The molecule has 0 spiro atoms. The van der Waals surface area contributed by atoms with E-state index >= 15 is 0 Å². The second-order valence-electron chi connectivity index (χ2n) is 2.78. The SMILES string of the molecule is CC.[CH2-]c1cccc(/C(N)=N\O)c1CC.[Y]. The summed E-state index contributed by atoms with van der Waals surface area (Å²) >= 11 is 0. The van der Waals surface area contributed by atoms with Crippen LogP contribution < -0.4 is 5.73 Å². The van der Waals surface area contributed by atoms with Gasteiger partial charge in [-0.1, -0.05) is 38.4 Å². The fourth-order valence-corrected chi connectivity index (χ4v) is 1.35. The van der Waals surface area contributed by atoms with Gasteiger partial charge < -0.3 is 10.9 Å². The molecule has 4 heteroatoms. The summed E-state index contributed by atoms with van der Waals surface area (Å²) in [6.07, 6.45) is 0.825. The number of hydrogen-bond acceptors (Lipinski definition) is 2. The Balaban J connectivity index is 0. The standard InChI is InChI=1S/C10H13N2O.C2H6.Y/c1-3-8-7(2)5-4-6-9(8)10(11)12-13;1-2;/h4-6,13H,2-3H2,1H3,(H2,11,12);1-2H3;/q-1;;. The van der Waals surface area contributed by atoms with E-state index in [9.17, 15) is 0 Å². The quantitative estimate of drug-likeness (QED) is 0.290. The van der Waals surface area contributed by atoms with Gasteiger partial charge in [-0.3, -0.25) is 0 Å². The Morgan fingerprint density at radius 2 is 2.00 bits per heavy atom. The van der Waals surface area contributed by atoms with Crippen molar-refractivity contribution in [3.63, 3.8) is 0 Å². The van der Waals surface area contributed by atoms with Crippen LogP contribution in [0.2, 0.25) is 0 Å². The molecule has 16 heavy (non-hydrogen) atoms. The molecule has 3 N–H and O–H groups in total. The first-order valence-electron chi connectivity index (χ1n) is 5.12. The Bertz CT molecular complexity index is 338. The van der Waals surface area contributed by atoms with E-state index in [1.54, 1.807) is 0 Å². The maximum Gasteiger partial charge on any atom is 0.158 e. The molecular formula is C12H19N2OY-. The minimum Gasteiger partial charge on any atom is -0.409 e. The average Bonchev–Trinajstić information content (AvgIpc) is 2.30. The molecule has 0 aliphatic carbocycles. The molecule has 0 aliphatic rings. The molecule has 1 rings (SSSR count). The van der Waals surface area contributed by atoms with Gasteiger partial charge in [0.1, 0.15) is 0 Å². The Hall–Kier alpha value is -0.536. The minimum absolute atomic E-state index is 0. The fourth-order valence-electron chi connectivity index (χ4n) is 1.35. The van der Waals surface area contributed by atoms with E-state index in [-0.39, 0.29) is 38.5 Å². The Morgan fingerprint density at radius 1 is 1.44 bits per heavy atom. The number of nitrogens with zero attached hydrogens (tertiary/aromatic N) is 1. The van der Waals surface area contributed by atoms with Crippen LogP contribution in [0.25, 0.3) is 0 Å². The van der Waals surface area contributed by atoms with Gasteiger partial charge in [0.15, 0.2) is 5.84 Å². The van der Waals surface area contributed by atoms with Crippen LogP contribution in [0, 0.1) is 6.92 Å². The third-order valence-electron chi connectivity index (χ3n) is 2.01. The molecular weight excluding hydrogens is 277 g/mol. The van der Waals surface area contributed by atoms with Crippen LogP contribution >= 0.6 is 0 Å². The first-order valence-corrected chi connectivity index (χ1v) is 5.12. The zero-order chi connectivity index (χ0) is 11.8. The molecule has 0 aliphatic heterocycles. The van der Waals surface area contributed by atoms with Crippen molar-refractivity contribution in [2.45, 2.75) is 27.2 Å². The van der Waals surface area contributed by atoms with Gasteiger partial charge in [-0.25, -0.2) is 0 Å². The summed E-state index contributed by atoms with van der Waals surface area (Å²) in [5.74, 6) is 0.141. The Labute approximate surface area is 123 Å². The number of nitrogens with two attached hydrogens (primary N) is 1. The van der Waals surface area contributed by atoms with E-state index < -0.39 is 0 Å². The van der Waals surface area contributed by atoms with Crippen LogP contribution in [0.1, 0.15) is 37.5 Å². The zero-order valence-electron chi connectivity index (χ0n) is 10.2. The second kappa shape index (κ2) is 9.67. The van der Waals surface area contributed by atoms with Crippen molar-refractivity contribution in [1.82, 2.24) is 0 Å². The maximum atomic E-state index is 8.54. The van der Waals surface area contributed by atoms with Gasteiger partial charge >= 0.3 is 0 Å². The molecule has 0 bridgehead atoms. The molecule has 0 aromatic heterocycles. The van der Waals surface area contributed by atoms with E-state index in [1.165, 1.54) is 0 Å². The predicted octanol–water partition coefficient (Wildman–Crippen LogP) is 2.55. The van der Waals surface area contributed by atoms with Crippen molar-refractivity contribution >= 4 is 5.84 Å². The largest absolute Gasteiger partial charge is 0.409 e. The van der Waals surface area contributed by atoms with Crippen LogP contribution in [0.4, 0.5) is 0 Å². The maximum absolute atomic E-state index is 8.54. The van der Waals surface area contributed by atoms with Crippen molar-refractivity contribution in [2.75, 3.05) is 0 Å². The third kappa shape index (κ3) is 4.54. The van der Waals surface area contributed by atoms with Crippen LogP contribution in [0.5, 0.6) is 0 Å². The minimum atomic E-state index is 0. The van der Waals surface area contributed by atoms with Crippen LogP contribution in [0.15, 0.2) is 23.4 Å². The summed E-state index contributed by atoms with van der Waals surface area (Å²) in [6.45, 7) is 9.89. The van der Waals surface area contributed by atoms with Crippen molar-refractivity contribution in [1.29, 1.82) is 0 Å². The van der Waals surface area contributed by atoms with Crippen molar-refractivity contribution < 1.29 is 37.9 Å². The molecule has 0 fully saturated rings. The normalized spacial score (nSPS) is 9.81. The second-order valence-corrected chi connectivity index (χ2v) is 2.78. The number of oxime groups is 1. The molecule has 0 atom stereocenters. The molecule has 0 heterocycles. The van der Waals surface area contributed by atoms with E-state index in [0.29, 0.717) is 0 Å². The number of amidine groups is 1. The molecule has 1 aromatic rings. The molecule has 87 valence electrons. The van der Waals surface area contributed by atoms with Crippen molar-refractivity contribution in [2.24, 2.45) is 10.9 Å². The van der Waals surface area contributed by atoms with Gasteiger partial charge in [-0.15, -0.1) is 11.6 Å². The summed E-state index contributed by atoms with van der Waals surface area (Å²) in [6, 6.07) is 5.57. The van der Waals surface area contributed by atoms with E-state index in [4.69, 9.17) is 10.9 Å². The monoisotopic (exact) mass is 296 g/mol. The van der Waals surface area contributed by atoms with Gasteiger partial charge in [-0.2, -0.15) is 18.6 Å². The smallest absolute Gasteiger partial charge is 0.158 e. The fraction of sp³-hybridized carbons (Fsp3) is 0.333. The van der Waals surface area contributed by atoms with Crippen LogP contribution in [-0.4, -0.2) is 11.0 Å². The molecule has 1 radical (unpaired) electrons. The summed E-state index contributed by atoms with van der Waals surface area (Å²) in [5, 5.41) is 11.5. The summed E-state index contributed by atoms with van der Waals surface area (Å²) < 4.78 is 0. The van der Waals surface area contributed by atoms with E-state index in [2.05, 4.69) is 12.1 Å². The van der Waals surface area contributed by atoms with Crippen molar-refractivity contribution in [3.05, 3.63) is 41.8 Å².